The molecule has 1 saturated heterocycles. The van der Waals surface area contributed by atoms with Gasteiger partial charge in [-0.15, -0.1) is 0 Å². The first kappa shape index (κ1) is 15.5. The van der Waals surface area contributed by atoms with Gasteiger partial charge in [-0.25, -0.2) is 4.68 Å². The number of rotatable bonds is 5. The Kier molecular flexibility index (Phi) is 4.75. The van der Waals surface area contributed by atoms with Crippen LogP contribution >= 0.6 is 11.6 Å². The third-order valence-electron chi connectivity index (χ3n) is 3.78. The van der Waals surface area contributed by atoms with Gasteiger partial charge in [-0.1, -0.05) is 6.92 Å². The summed E-state index contributed by atoms with van der Waals surface area (Å²) in [5.41, 5.74) is 0.672. The summed E-state index contributed by atoms with van der Waals surface area (Å²) in [6.07, 6.45) is 4.75. The van der Waals surface area contributed by atoms with Crippen LogP contribution in [0.25, 0.3) is 11.0 Å². The predicted octanol–water partition coefficient (Wildman–Crippen LogP) is 2.22. The highest BCUT2D eigenvalue weighted by molar-refractivity contribution is 6.28. The fourth-order valence-corrected chi connectivity index (χ4v) is 2.66. The largest absolute Gasteiger partial charge is 0.396 e. The van der Waals surface area contributed by atoms with Crippen LogP contribution in [0.4, 0.5) is 5.82 Å². The average molecular weight is 326 g/mol. The van der Waals surface area contributed by atoms with Gasteiger partial charge < -0.3 is 15.2 Å². The molecule has 0 radical (unpaired) electrons. The maximum Gasteiger partial charge on any atom is 0.226 e. The summed E-state index contributed by atoms with van der Waals surface area (Å²) in [6, 6.07) is 0. The van der Waals surface area contributed by atoms with Crippen LogP contribution < -0.4 is 5.32 Å². The minimum Gasteiger partial charge on any atom is -0.396 e. The minimum absolute atomic E-state index is 0.0959. The van der Waals surface area contributed by atoms with E-state index >= 15 is 0 Å². The zero-order valence-electron chi connectivity index (χ0n) is 12.5. The van der Waals surface area contributed by atoms with Crippen LogP contribution in [0.3, 0.4) is 0 Å². The lowest BCUT2D eigenvalue weighted by atomic mass is 10.2. The van der Waals surface area contributed by atoms with Crippen molar-refractivity contribution >= 4 is 28.5 Å². The van der Waals surface area contributed by atoms with E-state index in [0.717, 1.165) is 31.3 Å². The van der Waals surface area contributed by atoms with Crippen LogP contribution in [0.2, 0.25) is 5.28 Å². The molecule has 1 fully saturated rings. The van der Waals surface area contributed by atoms with E-state index in [2.05, 4.69) is 20.4 Å². The Morgan fingerprint density at radius 3 is 3.09 bits per heavy atom. The van der Waals surface area contributed by atoms with Crippen molar-refractivity contribution in [3.05, 3.63) is 11.5 Å². The van der Waals surface area contributed by atoms with Crippen LogP contribution in [0.5, 0.6) is 0 Å². The third kappa shape index (κ3) is 3.16. The molecule has 0 amide bonds. The molecule has 2 atom stereocenters. The zero-order chi connectivity index (χ0) is 15.5. The molecule has 0 aromatic carbocycles. The maximum atomic E-state index is 9.12. The van der Waals surface area contributed by atoms with Gasteiger partial charge in [0.05, 0.1) is 11.6 Å². The molecule has 0 saturated carbocycles. The number of aliphatic hydroxyl groups excluding tert-OH is 1. The number of anilines is 1. The second-order valence-electron chi connectivity index (χ2n) is 5.66. The van der Waals surface area contributed by atoms with Gasteiger partial charge in [0, 0.05) is 19.8 Å². The Balaban J connectivity index is 1.91. The first-order valence-corrected chi connectivity index (χ1v) is 7.94. The molecule has 7 nitrogen and oxygen atoms in total. The highest BCUT2D eigenvalue weighted by Crippen LogP contribution is 2.28. The summed E-state index contributed by atoms with van der Waals surface area (Å²) in [6.45, 7) is 3.41. The SMILES string of the molecule is CC(CO)CNc1nc(Cl)nc2c1cnn2C1CCCCO1. The quantitative estimate of drug-likeness (QED) is 0.820. The molecule has 0 bridgehead atoms. The van der Waals surface area contributed by atoms with Crippen LogP contribution in [-0.4, -0.2) is 44.6 Å². The second-order valence-corrected chi connectivity index (χ2v) is 6.00. The molecule has 1 aliphatic rings. The number of aromatic nitrogens is 4. The van der Waals surface area contributed by atoms with Crippen LogP contribution in [0.15, 0.2) is 6.20 Å². The molecule has 3 rings (SSSR count). The molecule has 8 heteroatoms. The van der Waals surface area contributed by atoms with Gasteiger partial charge in [-0.2, -0.15) is 15.1 Å². The fraction of sp³-hybridized carbons (Fsp3) is 0.643. The van der Waals surface area contributed by atoms with Gasteiger partial charge >= 0.3 is 0 Å². The normalized spacial score (nSPS) is 20.2. The summed E-state index contributed by atoms with van der Waals surface area (Å²) in [5, 5.41) is 17.7. The van der Waals surface area contributed by atoms with Gasteiger partial charge in [-0.05, 0) is 36.8 Å². The van der Waals surface area contributed by atoms with E-state index in [0.29, 0.717) is 18.0 Å². The fourth-order valence-electron chi connectivity index (χ4n) is 2.50. The van der Waals surface area contributed by atoms with E-state index in [-0.39, 0.29) is 24.0 Å². The molecule has 3 heterocycles. The van der Waals surface area contributed by atoms with Gasteiger partial charge in [0.25, 0.3) is 0 Å². The molecular weight excluding hydrogens is 306 g/mol. The summed E-state index contributed by atoms with van der Waals surface area (Å²) < 4.78 is 7.55. The third-order valence-corrected chi connectivity index (χ3v) is 3.95. The number of halogens is 1. The van der Waals surface area contributed by atoms with E-state index in [1.807, 2.05) is 6.92 Å². The molecule has 2 aromatic heterocycles. The van der Waals surface area contributed by atoms with Crippen molar-refractivity contribution in [2.24, 2.45) is 5.92 Å². The number of aliphatic hydroxyl groups is 1. The van der Waals surface area contributed by atoms with Crippen molar-refractivity contribution in [2.45, 2.75) is 32.4 Å². The summed E-state index contributed by atoms with van der Waals surface area (Å²) >= 11 is 6.05. The molecule has 2 N–H and O–H groups in total. The van der Waals surface area contributed by atoms with E-state index in [1.165, 1.54) is 0 Å². The summed E-state index contributed by atoms with van der Waals surface area (Å²) in [7, 11) is 0. The lowest BCUT2D eigenvalue weighted by Gasteiger charge is -2.23. The second kappa shape index (κ2) is 6.76. The Hall–Kier alpha value is -1.44. The Morgan fingerprint density at radius 2 is 2.36 bits per heavy atom. The Bertz CT molecular complexity index is 641. The van der Waals surface area contributed by atoms with E-state index in [4.69, 9.17) is 21.4 Å². The molecule has 2 aromatic rings. The highest BCUT2D eigenvalue weighted by Gasteiger charge is 2.21. The molecular formula is C14H20ClN5O2. The van der Waals surface area contributed by atoms with Crippen molar-refractivity contribution in [1.29, 1.82) is 0 Å². The number of nitrogens with one attached hydrogen (secondary N) is 1. The summed E-state index contributed by atoms with van der Waals surface area (Å²) in [4.78, 5) is 8.54. The minimum atomic E-state index is -0.0959. The number of hydrogen-bond acceptors (Lipinski definition) is 6. The maximum absolute atomic E-state index is 9.12. The smallest absolute Gasteiger partial charge is 0.226 e. The lowest BCUT2D eigenvalue weighted by molar-refractivity contribution is -0.0370. The Labute approximate surface area is 133 Å². The number of hydrogen-bond donors (Lipinski definition) is 2. The van der Waals surface area contributed by atoms with Gasteiger partial charge in [0.1, 0.15) is 5.82 Å². The standard InChI is InChI=1S/C14H20ClN5O2/c1-9(8-21)6-16-12-10-7-17-20(11-4-2-3-5-22-11)13(10)19-14(15)18-12/h7,9,11,21H,2-6,8H2,1H3,(H,16,18,19). The van der Waals surface area contributed by atoms with Crippen LogP contribution in [0, 0.1) is 5.92 Å². The van der Waals surface area contributed by atoms with E-state index in [9.17, 15) is 0 Å². The van der Waals surface area contributed by atoms with Crippen molar-refractivity contribution in [2.75, 3.05) is 25.1 Å². The van der Waals surface area contributed by atoms with E-state index < -0.39 is 0 Å². The lowest BCUT2D eigenvalue weighted by Crippen LogP contribution is -2.19. The Morgan fingerprint density at radius 1 is 1.50 bits per heavy atom. The topological polar surface area (TPSA) is 85.1 Å². The van der Waals surface area contributed by atoms with Gasteiger partial charge in [0.15, 0.2) is 11.9 Å². The molecule has 120 valence electrons. The van der Waals surface area contributed by atoms with Crippen LogP contribution in [-0.2, 0) is 4.74 Å². The monoisotopic (exact) mass is 325 g/mol. The van der Waals surface area contributed by atoms with Gasteiger partial charge in [-0.3, -0.25) is 0 Å². The molecule has 0 aliphatic carbocycles. The molecule has 1 aliphatic heterocycles. The van der Waals surface area contributed by atoms with Gasteiger partial charge in [0.2, 0.25) is 5.28 Å². The molecule has 22 heavy (non-hydrogen) atoms. The predicted molar refractivity (Wildman–Crippen MR) is 83.9 cm³/mol. The number of ether oxygens (including phenoxy) is 1. The average Bonchev–Trinajstić information content (AvgIpc) is 2.96. The van der Waals surface area contributed by atoms with Crippen molar-refractivity contribution in [3.63, 3.8) is 0 Å². The number of nitrogens with zero attached hydrogens (tertiary/aromatic N) is 4. The molecule has 2 unspecified atom stereocenters. The summed E-state index contributed by atoms with van der Waals surface area (Å²) in [5.74, 6) is 0.762. The first-order chi connectivity index (χ1) is 10.7. The zero-order valence-corrected chi connectivity index (χ0v) is 13.3. The van der Waals surface area contributed by atoms with Crippen molar-refractivity contribution in [3.8, 4) is 0 Å². The van der Waals surface area contributed by atoms with Crippen molar-refractivity contribution in [1.82, 2.24) is 19.7 Å². The van der Waals surface area contributed by atoms with E-state index in [1.54, 1.807) is 10.9 Å². The molecule has 0 spiro atoms. The van der Waals surface area contributed by atoms with Crippen LogP contribution in [0.1, 0.15) is 32.4 Å². The first-order valence-electron chi connectivity index (χ1n) is 7.56. The highest BCUT2D eigenvalue weighted by atomic mass is 35.5. The van der Waals surface area contributed by atoms with Crippen molar-refractivity contribution < 1.29 is 9.84 Å². The number of fused-ring (bicyclic) bond motifs is 1.